The first-order valence-corrected chi connectivity index (χ1v) is 14.4. The Hall–Kier alpha value is -3.96. The third-order valence-electron chi connectivity index (χ3n) is 6.96. The van der Waals surface area contributed by atoms with Crippen LogP contribution in [0.25, 0.3) is 5.69 Å². The Labute approximate surface area is 252 Å². The van der Waals surface area contributed by atoms with E-state index >= 15 is 0 Å². The van der Waals surface area contributed by atoms with E-state index in [-0.39, 0.29) is 50.2 Å². The third kappa shape index (κ3) is 12.4. The van der Waals surface area contributed by atoms with Crippen LogP contribution in [0.5, 0.6) is 0 Å². The number of ketones is 2. The van der Waals surface area contributed by atoms with Crippen molar-refractivity contribution in [3.63, 3.8) is 0 Å². The number of amides is 1. The highest BCUT2D eigenvalue weighted by molar-refractivity contribution is 5.78. The first-order valence-electron chi connectivity index (χ1n) is 14.4. The molecule has 3 rings (SSSR count). The van der Waals surface area contributed by atoms with E-state index in [4.69, 9.17) is 0 Å². The first kappa shape index (κ1) is 33.5. The normalized spacial score (nSPS) is 16.3. The van der Waals surface area contributed by atoms with Crippen LogP contribution in [0.15, 0.2) is 30.5 Å². The molecule has 1 aromatic heterocycles. The molecule has 1 aliphatic heterocycles. The lowest BCUT2D eigenvalue weighted by molar-refractivity contribution is -0.138. The zero-order valence-corrected chi connectivity index (χ0v) is 25.3. The minimum Gasteiger partial charge on any atom is -0.480 e. The Morgan fingerprint density at radius 2 is 1.28 bits per heavy atom. The summed E-state index contributed by atoms with van der Waals surface area (Å²) in [4.78, 5) is 56.1. The van der Waals surface area contributed by atoms with Crippen molar-refractivity contribution in [2.24, 2.45) is 0 Å². The van der Waals surface area contributed by atoms with E-state index in [2.05, 4.69) is 27.5 Å². The van der Waals surface area contributed by atoms with Crippen molar-refractivity contribution in [2.45, 2.75) is 27.3 Å². The average molecular weight is 595 g/mol. The number of Topliss-reactive ketones (excluding diaryl/α,β-unsaturated/α-hetero) is 2. The van der Waals surface area contributed by atoms with E-state index in [1.54, 1.807) is 24.7 Å². The maximum Gasteiger partial charge on any atom is 0.317 e. The van der Waals surface area contributed by atoms with Gasteiger partial charge < -0.3 is 10.4 Å². The number of carbonyl (C=O) groups excluding carboxylic acids is 3. The highest BCUT2D eigenvalue weighted by atomic mass is 16.4. The Kier molecular flexibility index (Phi) is 13.4. The van der Waals surface area contributed by atoms with Crippen LogP contribution in [-0.2, 0) is 25.7 Å². The number of aromatic nitrogens is 3. The van der Waals surface area contributed by atoms with Crippen molar-refractivity contribution in [2.75, 3.05) is 78.5 Å². The van der Waals surface area contributed by atoms with Crippen LogP contribution in [-0.4, -0.2) is 142 Å². The highest BCUT2D eigenvalue weighted by Gasteiger charge is 2.20. The van der Waals surface area contributed by atoms with Gasteiger partial charge in [0.1, 0.15) is 17.3 Å². The van der Waals surface area contributed by atoms with Gasteiger partial charge in [-0.25, -0.2) is 4.68 Å². The molecule has 1 fully saturated rings. The zero-order valence-electron chi connectivity index (χ0n) is 25.3. The maximum absolute atomic E-state index is 13.0. The fourth-order valence-corrected chi connectivity index (χ4v) is 4.83. The molecule has 13 heteroatoms. The Bertz CT molecular complexity index is 1270. The van der Waals surface area contributed by atoms with E-state index in [1.165, 1.54) is 6.92 Å². The molecule has 0 aliphatic carbocycles. The molecule has 2 heterocycles. The summed E-state index contributed by atoms with van der Waals surface area (Å²) >= 11 is 0. The summed E-state index contributed by atoms with van der Waals surface area (Å²) in [5, 5.41) is 20.7. The largest absolute Gasteiger partial charge is 0.480 e. The number of rotatable bonds is 11. The monoisotopic (exact) mass is 594 g/mol. The molecular formula is C30H42N8O5. The highest BCUT2D eigenvalue weighted by Crippen LogP contribution is 2.09. The second kappa shape index (κ2) is 17.2. The van der Waals surface area contributed by atoms with E-state index in [0.29, 0.717) is 58.1 Å². The molecule has 0 radical (unpaired) electrons. The van der Waals surface area contributed by atoms with Gasteiger partial charge in [0.2, 0.25) is 5.91 Å². The Morgan fingerprint density at radius 1 is 0.791 bits per heavy atom. The lowest BCUT2D eigenvalue weighted by atomic mass is 10.2. The number of nitrogens with zero attached hydrogens (tertiary/aromatic N) is 7. The Morgan fingerprint density at radius 3 is 1.74 bits per heavy atom. The fraction of sp³-hybridized carbons (Fsp3) is 0.533. The molecule has 0 atom stereocenters. The number of hydrogen-bond acceptors (Lipinski definition) is 10. The summed E-state index contributed by atoms with van der Waals surface area (Å²) in [5.74, 6) is 4.82. The molecule has 0 bridgehead atoms. The summed E-state index contributed by atoms with van der Waals surface area (Å²) < 4.78 is 1.64. The van der Waals surface area contributed by atoms with Crippen molar-refractivity contribution in [1.82, 2.24) is 39.9 Å². The van der Waals surface area contributed by atoms with Crippen LogP contribution in [0.2, 0.25) is 0 Å². The summed E-state index contributed by atoms with van der Waals surface area (Å²) in [7, 11) is 0. The van der Waals surface area contributed by atoms with Crippen LogP contribution >= 0.6 is 0 Å². The van der Waals surface area contributed by atoms with Crippen LogP contribution in [0.4, 0.5) is 0 Å². The lowest BCUT2D eigenvalue weighted by Crippen LogP contribution is -2.49. The first-order chi connectivity index (χ1) is 20.6. The molecule has 1 saturated heterocycles. The van der Waals surface area contributed by atoms with Gasteiger partial charge in [-0.05, 0) is 45.0 Å². The molecule has 13 nitrogen and oxygen atoms in total. The lowest BCUT2D eigenvalue weighted by Gasteiger charge is -2.33. The predicted octanol–water partition coefficient (Wildman–Crippen LogP) is -0.261. The number of carbonyl (C=O) groups is 4. The van der Waals surface area contributed by atoms with Gasteiger partial charge in [-0.15, -0.1) is 11.0 Å². The van der Waals surface area contributed by atoms with Crippen molar-refractivity contribution in [3.05, 3.63) is 41.7 Å². The van der Waals surface area contributed by atoms with Gasteiger partial charge in [0.15, 0.2) is 0 Å². The van der Waals surface area contributed by atoms with Crippen molar-refractivity contribution in [1.29, 1.82) is 0 Å². The number of aliphatic carboxylic acids is 1. The average Bonchev–Trinajstić information content (AvgIpc) is 3.42. The molecule has 0 saturated carbocycles. The number of carboxylic acids is 1. The molecule has 43 heavy (non-hydrogen) atoms. The van der Waals surface area contributed by atoms with Crippen LogP contribution in [0.3, 0.4) is 0 Å². The summed E-state index contributed by atoms with van der Waals surface area (Å²) in [6.07, 6.45) is 1.76. The Balaban J connectivity index is 1.62. The number of hydrogen-bond donors (Lipinski definition) is 2. The van der Waals surface area contributed by atoms with Crippen molar-refractivity contribution in [3.8, 4) is 17.5 Å². The van der Waals surface area contributed by atoms with Crippen LogP contribution in [0.1, 0.15) is 32.0 Å². The zero-order chi connectivity index (χ0) is 31.2. The van der Waals surface area contributed by atoms with Crippen LogP contribution in [0, 0.1) is 11.8 Å². The van der Waals surface area contributed by atoms with Gasteiger partial charge in [-0.1, -0.05) is 11.1 Å². The standard InChI is InChI=1S/C30H42N8O5/c1-4-5-26-6-8-28(9-7-26)38-21-27(32-33-38)18-31-29(41)22-36-14-12-34(19-24(2)39)10-11-35(20-25(3)40)13-16-37(17-15-36)23-30(42)43/h6-9,21H,10-20,22-23H2,1-3H3,(H,31,41)(H,42,43). The molecule has 1 aromatic carbocycles. The van der Waals surface area contributed by atoms with E-state index in [9.17, 15) is 24.3 Å². The summed E-state index contributed by atoms with van der Waals surface area (Å²) in [5.41, 5.74) is 2.34. The second-order valence-electron chi connectivity index (χ2n) is 10.8. The van der Waals surface area contributed by atoms with E-state index in [1.807, 2.05) is 43.9 Å². The van der Waals surface area contributed by atoms with Gasteiger partial charge in [0, 0.05) is 57.9 Å². The number of nitrogens with one attached hydrogen (secondary N) is 1. The second-order valence-corrected chi connectivity index (χ2v) is 10.8. The molecule has 232 valence electrons. The SMILES string of the molecule is CC#Cc1ccc(-n2cc(CNC(=O)CN3CCN(CC(C)=O)CCN(CC(C)=O)CCN(CC(=O)O)CC3)nn2)cc1. The van der Waals surface area contributed by atoms with Crippen LogP contribution < -0.4 is 5.32 Å². The third-order valence-corrected chi connectivity index (χ3v) is 6.96. The summed E-state index contributed by atoms with van der Waals surface area (Å²) in [6, 6.07) is 7.61. The number of carboxylic acid groups (broad SMARTS) is 1. The van der Waals surface area contributed by atoms with Gasteiger partial charge >= 0.3 is 5.97 Å². The summed E-state index contributed by atoms with van der Waals surface area (Å²) in [6.45, 7) is 9.74. The molecule has 0 spiro atoms. The minimum atomic E-state index is -0.930. The molecule has 1 amide bonds. The van der Waals surface area contributed by atoms with Gasteiger partial charge in [-0.3, -0.25) is 38.8 Å². The van der Waals surface area contributed by atoms with Gasteiger partial charge in [-0.2, -0.15) is 0 Å². The topological polar surface area (TPSA) is 144 Å². The van der Waals surface area contributed by atoms with Crippen molar-refractivity contribution >= 4 is 23.4 Å². The molecular weight excluding hydrogens is 552 g/mol. The van der Waals surface area contributed by atoms with Gasteiger partial charge in [0.25, 0.3) is 0 Å². The minimum absolute atomic E-state index is 0.0334. The molecule has 1 aliphatic rings. The predicted molar refractivity (Wildman–Crippen MR) is 161 cm³/mol. The maximum atomic E-state index is 13.0. The fourth-order valence-electron chi connectivity index (χ4n) is 4.83. The van der Waals surface area contributed by atoms with Gasteiger partial charge in [0.05, 0.1) is 44.6 Å². The number of benzene rings is 1. The van der Waals surface area contributed by atoms with E-state index < -0.39 is 5.97 Å². The smallest absolute Gasteiger partial charge is 0.317 e. The quantitative estimate of drug-likeness (QED) is 0.332. The molecule has 0 unspecified atom stereocenters. The van der Waals surface area contributed by atoms with Crippen molar-refractivity contribution < 1.29 is 24.3 Å². The molecule has 2 aromatic rings. The van der Waals surface area contributed by atoms with E-state index in [0.717, 1.165) is 11.3 Å². The molecule has 2 N–H and O–H groups in total.